The fraction of sp³-hybridized carbons (Fsp3) is 0.542. The van der Waals surface area contributed by atoms with Crippen LogP contribution in [0.4, 0.5) is 0 Å². The number of hydrogen-bond acceptors (Lipinski definition) is 8. The minimum atomic E-state index is -2.98. The molecule has 2 aliphatic carbocycles. The third-order valence-corrected chi connectivity index (χ3v) is 7.23. The second kappa shape index (κ2) is 7.62. The van der Waals surface area contributed by atoms with E-state index in [0.29, 0.717) is 25.9 Å². The van der Waals surface area contributed by atoms with Gasteiger partial charge in [-0.3, -0.25) is 19.3 Å². The zero-order chi connectivity index (χ0) is 27.6. The van der Waals surface area contributed by atoms with Crippen LogP contribution in [-0.4, -0.2) is 61.3 Å². The molecule has 1 aromatic rings. The summed E-state index contributed by atoms with van der Waals surface area (Å²) in [6.45, 7) is -4.89. The van der Waals surface area contributed by atoms with Crippen molar-refractivity contribution >= 4 is 17.9 Å². The van der Waals surface area contributed by atoms with Crippen LogP contribution in [0.15, 0.2) is 24.3 Å². The predicted octanol–water partition coefficient (Wildman–Crippen LogP) is 1.92. The standard InChI is InChI=1S/C24H27NO7/c1-13(26)30-18-6-4-15-12-17-16-5-7-19(31-14(2)27)23-24(16,21(15)22(18)32-23)9-11-25(17)10-8-20(28)29-3/h4-7,16-17,19,23H,8-12H2,1-3H3/t16-,17+,19-,23-,24-/m0/s1/i1D3,2D3. The van der Waals surface area contributed by atoms with Crippen molar-refractivity contribution in [2.45, 2.75) is 56.6 Å². The first-order chi connectivity index (χ1) is 17.8. The van der Waals surface area contributed by atoms with Crippen LogP contribution in [-0.2, 0) is 35.7 Å². The molecule has 0 unspecified atom stereocenters. The number of rotatable bonds is 5. The van der Waals surface area contributed by atoms with E-state index in [-0.39, 0.29) is 35.8 Å². The molecular formula is C24H27NO7. The minimum absolute atomic E-state index is 0.0377. The van der Waals surface area contributed by atoms with Crippen LogP contribution in [0.5, 0.6) is 11.5 Å². The van der Waals surface area contributed by atoms with Gasteiger partial charge in [0.1, 0.15) is 6.10 Å². The Morgan fingerprint density at radius 3 is 2.88 bits per heavy atom. The molecule has 1 fully saturated rings. The number of benzene rings is 1. The summed E-state index contributed by atoms with van der Waals surface area (Å²) in [4.78, 5) is 38.6. The average molecular weight is 448 g/mol. The first kappa shape index (κ1) is 15.1. The van der Waals surface area contributed by atoms with Gasteiger partial charge in [0.15, 0.2) is 17.6 Å². The van der Waals surface area contributed by atoms with Gasteiger partial charge in [0.25, 0.3) is 0 Å². The minimum Gasteiger partial charge on any atom is -0.481 e. The van der Waals surface area contributed by atoms with Gasteiger partial charge in [-0.1, -0.05) is 12.1 Å². The number of methoxy groups -OCH3 is 1. The molecule has 1 aromatic carbocycles. The summed E-state index contributed by atoms with van der Waals surface area (Å²) in [6, 6.07) is 3.21. The molecule has 0 amide bonds. The third kappa shape index (κ3) is 3.03. The molecule has 0 N–H and O–H groups in total. The molecule has 0 radical (unpaired) electrons. The Labute approximate surface area is 194 Å². The molecule has 32 heavy (non-hydrogen) atoms. The number of nitrogens with zero attached hydrogens (tertiary/aromatic N) is 1. The van der Waals surface area contributed by atoms with Crippen molar-refractivity contribution < 1.29 is 41.6 Å². The van der Waals surface area contributed by atoms with Gasteiger partial charge in [-0.15, -0.1) is 0 Å². The van der Waals surface area contributed by atoms with Gasteiger partial charge in [-0.05, 0) is 37.1 Å². The fourth-order valence-electron chi connectivity index (χ4n) is 6.12. The Balaban J connectivity index is 1.57. The van der Waals surface area contributed by atoms with Gasteiger partial charge in [0.2, 0.25) is 0 Å². The Morgan fingerprint density at radius 1 is 1.25 bits per heavy atom. The van der Waals surface area contributed by atoms with E-state index in [1.807, 2.05) is 6.08 Å². The van der Waals surface area contributed by atoms with E-state index in [2.05, 4.69) is 4.90 Å². The molecule has 5 atom stereocenters. The normalized spacial score (nSPS) is 34.9. The first-order valence-corrected chi connectivity index (χ1v) is 10.5. The number of piperidine rings is 1. The van der Waals surface area contributed by atoms with Gasteiger partial charge in [0, 0.05) is 51.4 Å². The summed E-state index contributed by atoms with van der Waals surface area (Å²) >= 11 is 0. The summed E-state index contributed by atoms with van der Waals surface area (Å²) < 4.78 is 66.2. The van der Waals surface area contributed by atoms with E-state index in [9.17, 15) is 14.4 Å². The summed E-state index contributed by atoms with van der Waals surface area (Å²) in [5, 5.41) is 0. The molecule has 2 heterocycles. The Hall–Kier alpha value is -2.87. The maximum Gasteiger partial charge on any atom is 0.308 e. The molecule has 8 heteroatoms. The Kier molecular flexibility index (Phi) is 3.58. The fourth-order valence-corrected chi connectivity index (χ4v) is 6.12. The van der Waals surface area contributed by atoms with Crippen LogP contribution >= 0.6 is 0 Å². The number of ether oxygens (including phenoxy) is 4. The number of likely N-dealkylation sites (tertiary alicyclic amines) is 1. The second-order valence-corrected chi connectivity index (χ2v) is 8.56. The second-order valence-electron chi connectivity index (χ2n) is 8.56. The van der Waals surface area contributed by atoms with Crippen LogP contribution in [0.25, 0.3) is 0 Å². The van der Waals surface area contributed by atoms with E-state index in [1.165, 1.54) is 13.2 Å². The lowest BCUT2D eigenvalue weighted by molar-refractivity contribution is -0.152. The highest BCUT2D eigenvalue weighted by molar-refractivity contribution is 5.73. The van der Waals surface area contributed by atoms with E-state index in [1.54, 1.807) is 12.1 Å². The van der Waals surface area contributed by atoms with Crippen molar-refractivity contribution in [1.29, 1.82) is 0 Å². The molecular weight excluding hydrogens is 414 g/mol. The average Bonchev–Trinajstić information content (AvgIpc) is 3.19. The molecule has 5 rings (SSSR count). The third-order valence-electron chi connectivity index (χ3n) is 7.23. The van der Waals surface area contributed by atoms with E-state index in [0.717, 1.165) is 11.1 Å². The molecule has 1 saturated heterocycles. The largest absolute Gasteiger partial charge is 0.481 e. The Morgan fingerprint density at radius 2 is 2.09 bits per heavy atom. The summed E-state index contributed by atoms with van der Waals surface area (Å²) in [5.74, 6) is -3.09. The van der Waals surface area contributed by atoms with E-state index < -0.39 is 43.3 Å². The van der Waals surface area contributed by atoms with Crippen LogP contribution in [0.2, 0.25) is 0 Å². The monoisotopic (exact) mass is 447 g/mol. The maximum absolute atomic E-state index is 12.3. The van der Waals surface area contributed by atoms with Gasteiger partial charge in [-0.25, -0.2) is 0 Å². The Bertz CT molecular complexity index is 1210. The molecule has 4 aliphatic rings. The highest BCUT2D eigenvalue weighted by atomic mass is 16.6. The molecule has 0 aromatic heterocycles. The molecule has 2 bridgehead atoms. The zero-order valence-corrected chi connectivity index (χ0v) is 17.5. The molecule has 8 nitrogen and oxygen atoms in total. The van der Waals surface area contributed by atoms with Crippen molar-refractivity contribution in [2.24, 2.45) is 5.92 Å². The topological polar surface area (TPSA) is 91.4 Å². The van der Waals surface area contributed by atoms with Crippen molar-refractivity contribution in [2.75, 3.05) is 20.2 Å². The molecule has 1 spiro atoms. The number of hydrogen-bond donors (Lipinski definition) is 0. The first-order valence-electron chi connectivity index (χ1n) is 13.5. The van der Waals surface area contributed by atoms with Gasteiger partial charge in [0.05, 0.1) is 13.5 Å². The van der Waals surface area contributed by atoms with Crippen LogP contribution in [0.1, 0.15) is 45.9 Å². The van der Waals surface area contributed by atoms with Gasteiger partial charge >= 0.3 is 17.9 Å². The molecule has 2 aliphatic heterocycles. The zero-order valence-electron chi connectivity index (χ0n) is 23.5. The van der Waals surface area contributed by atoms with Crippen molar-refractivity contribution in [3.8, 4) is 11.5 Å². The predicted molar refractivity (Wildman–Crippen MR) is 112 cm³/mol. The number of carbonyl (C=O) groups is 3. The number of esters is 3. The van der Waals surface area contributed by atoms with Crippen molar-refractivity contribution in [1.82, 2.24) is 4.90 Å². The highest BCUT2D eigenvalue weighted by Crippen LogP contribution is 2.62. The lowest BCUT2D eigenvalue weighted by Gasteiger charge is -2.57. The van der Waals surface area contributed by atoms with Gasteiger partial charge in [-0.2, -0.15) is 0 Å². The van der Waals surface area contributed by atoms with Crippen LogP contribution in [0.3, 0.4) is 0 Å². The smallest absolute Gasteiger partial charge is 0.308 e. The van der Waals surface area contributed by atoms with Crippen LogP contribution < -0.4 is 9.47 Å². The summed E-state index contributed by atoms with van der Waals surface area (Å²) in [7, 11) is 1.34. The van der Waals surface area contributed by atoms with E-state index in [4.69, 9.17) is 27.2 Å². The van der Waals surface area contributed by atoms with E-state index >= 15 is 0 Å². The molecule has 0 saturated carbocycles. The number of carbonyl (C=O) groups excluding carboxylic acids is 3. The molecule has 170 valence electrons. The van der Waals surface area contributed by atoms with Crippen LogP contribution in [0, 0.1) is 5.92 Å². The quantitative estimate of drug-likeness (QED) is 0.384. The SMILES string of the molecule is [2H]C([2H])([2H])C(=O)Oc1ccc2c3c1O[C@H]1[C@@H](OC(=O)C([2H])([2H])[2H])C=C[C@H]4[C@@H](C2)N(CCC(=O)OC)CC[C@@]341. The van der Waals surface area contributed by atoms with Gasteiger partial charge < -0.3 is 18.9 Å². The lowest BCUT2D eigenvalue weighted by Crippen LogP contribution is -2.66. The summed E-state index contributed by atoms with van der Waals surface area (Å²) in [5.41, 5.74) is 0.912. The van der Waals surface area contributed by atoms with Crippen molar-refractivity contribution in [3.63, 3.8) is 0 Å². The van der Waals surface area contributed by atoms with Crippen molar-refractivity contribution in [3.05, 3.63) is 35.4 Å². The maximum atomic E-state index is 12.3. The highest BCUT2D eigenvalue weighted by Gasteiger charge is 2.65. The lowest BCUT2D eigenvalue weighted by atomic mass is 9.53. The summed E-state index contributed by atoms with van der Waals surface area (Å²) in [6.07, 6.45) is 3.00.